The summed E-state index contributed by atoms with van der Waals surface area (Å²) in [7, 11) is -1.67. The molecule has 3 N–H and O–H groups in total. The molecule has 0 rings (SSSR count). The maximum absolute atomic E-state index is 5.90. The molecule has 3 atom stereocenters. The Morgan fingerprint density at radius 2 is 1.37 bits per heavy atom. The molecule has 19 heavy (non-hydrogen) atoms. The molecule has 0 aliphatic rings. The van der Waals surface area contributed by atoms with Crippen molar-refractivity contribution >= 4 is 9.53 Å². The molecule has 0 spiro atoms. The maximum atomic E-state index is 5.90. The second-order valence-corrected chi connectivity index (χ2v) is 6.81. The smallest absolute Gasteiger partial charge is 0.369 e. The van der Waals surface area contributed by atoms with Crippen LogP contribution in [0.5, 0.6) is 0 Å². The first kappa shape index (κ1) is 19.0. The average Bonchev–Trinajstić information content (AvgIpc) is 2.11. The lowest BCUT2D eigenvalue weighted by Crippen LogP contribution is -2.43. The van der Waals surface area contributed by atoms with E-state index in [-0.39, 0.29) is 24.5 Å². The lowest BCUT2D eigenvalue weighted by molar-refractivity contribution is 0.0245. The Kier molecular flexibility index (Phi) is 9.86. The lowest BCUT2D eigenvalue weighted by atomic mass is 10.1. The van der Waals surface area contributed by atoms with Crippen molar-refractivity contribution in [3.05, 3.63) is 0 Å². The Balaban J connectivity index is 4.17. The SMILES string of the molecule is CC(N)NC(C)CC(C)O[Si](OC(C)C)OC(C)C. The van der Waals surface area contributed by atoms with E-state index in [1.807, 2.05) is 41.5 Å². The third kappa shape index (κ3) is 11.5. The predicted molar refractivity (Wildman–Crippen MR) is 79.6 cm³/mol. The monoisotopic (exact) mass is 291 g/mol. The van der Waals surface area contributed by atoms with E-state index in [2.05, 4.69) is 12.2 Å². The molecule has 6 heteroatoms. The van der Waals surface area contributed by atoms with Crippen molar-refractivity contribution in [3.63, 3.8) is 0 Å². The van der Waals surface area contributed by atoms with Crippen LogP contribution in [0.3, 0.4) is 0 Å². The van der Waals surface area contributed by atoms with E-state index < -0.39 is 9.53 Å². The van der Waals surface area contributed by atoms with E-state index in [0.717, 1.165) is 6.42 Å². The van der Waals surface area contributed by atoms with Crippen molar-refractivity contribution in [2.45, 2.75) is 85.4 Å². The summed E-state index contributed by atoms with van der Waals surface area (Å²) < 4.78 is 17.3. The number of hydrogen-bond donors (Lipinski definition) is 2. The Bertz CT molecular complexity index is 218. The van der Waals surface area contributed by atoms with Crippen molar-refractivity contribution in [2.75, 3.05) is 0 Å². The standard InChI is InChI=1S/C13H31N2O3Si/c1-9(2)16-19(17-10(3)4)18-12(6)8-11(5)15-13(7)14/h9-13,15H,8,14H2,1-7H3. The number of rotatable bonds is 10. The van der Waals surface area contributed by atoms with Crippen LogP contribution < -0.4 is 11.1 Å². The van der Waals surface area contributed by atoms with E-state index in [9.17, 15) is 0 Å². The van der Waals surface area contributed by atoms with Gasteiger partial charge in [0.1, 0.15) is 0 Å². The molecule has 0 aliphatic carbocycles. The average molecular weight is 291 g/mol. The first-order chi connectivity index (χ1) is 8.70. The van der Waals surface area contributed by atoms with Gasteiger partial charge in [0.2, 0.25) is 0 Å². The van der Waals surface area contributed by atoms with Crippen LogP contribution in [0.15, 0.2) is 0 Å². The van der Waals surface area contributed by atoms with Crippen LogP contribution in [0.4, 0.5) is 0 Å². The van der Waals surface area contributed by atoms with Crippen LogP contribution in [0.1, 0.15) is 54.9 Å². The molecule has 0 aromatic rings. The molecule has 3 unspecified atom stereocenters. The highest BCUT2D eigenvalue weighted by atomic mass is 28.3. The minimum Gasteiger partial charge on any atom is -0.369 e. The zero-order valence-electron chi connectivity index (χ0n) is 13.4. The van der Waals surface area contributed by atoms with Crippen LogP contribution in [-0.2, 0) is 13.3 Å². The summed E-state index contributed by atoms with van der Waals surface area (Å²) in [5.74, 6) is 0. The zero-order valence-corrected chi connectivity index (χ0v) is 14.4. The van der Waals surface area contributed by atoms with E-state index in [1.165, 1.54) is 0 Å². The summed E-state index contributed by atoms with van der Waals surface area (Å²) in [6, 6.07) is 0.302. The molecule has 0 amide bonds. The Morgan fingerprint density at radius 3 is 1.74 bits per heavy atom. The van der Waals surface area contributed by atoms with Gasteiger partial charge in [-0.25, -0.2) is 0 Å². The lowest BCUT2D eigenvalue weighted by Gasteiger charge is -2.25. The molecule has 0 heterocycles. The molecular formula is C13H31N2O3Si. The molecule has 0 aliphatic heterocycles. The highest BCUT2D eigenvalue weighted by molar-refractivity contribution is 6.36. The van der Waals surface area contributed by atoms with Gasteiger partial charge in [-0.1, -0.05) is 0 Å². The fourth-order valence-corrected chi connectivity index (χ4v) is 3.06. The van der Waals surface area contributed by atoms with Gasteiger partial charge in [-0.3, -0.25) is 5.32 Å². The van der Waals surface area contributed by atoms with Crippen LogP contribution in [0.25, 0.3) is 0 Å². The molecule has 115 valence electrons. The Hall–Kier alpha value is 0.0169. The number of nitrogens with one attached hydrogen (secondary N) is 1. The van der Waals surface area contributed by atoms with Gasteiger partial charge in [-0.05, 0) is 54.9 Å². The number of hydrogen-bond acceptors (Lipinski definition) is 5. The van der Waals surface area contributed by atoms with Crippen molar-refractivity contribution in [1.82, 2.24) is 5.32 Å². The van der Waals surface area contributed by atoms with Gasteiger partial charge in [-0.15, -0.1) is 0 Å². The van der Waals surface area contributed by atoms with E-state index in [1.54, 1.807) is 0 Å². The quantitative estimate of drug-likeness (QED) is 0.475. The fourth-order valence-electron chi connectivity index (χ4n) is 1.70. The normalized spacial score (nSPS) is 17.2. The van der Waals surface area contributed by atoms with Gasteiger partial charge in [0.15, 0.2) is 0 Å². The van der Waals surface area contributed by atoms with E-state index >= 15 is 0 Å². The summed E-state index contributed by atoms with van der Waals surface area (Å²) in [5, 5.41) is 3.26. The Morgan fingerprint density at radius 1 is 0.895 bits per heavy atom. The predicted octanol–water partition coefficient (Wildman–Crippen LogP) is 1.90. The second kappa shape index (κ2) is 9.85. The summed E-state index contributed by atoms with van der Waals surface area (Å²) in [4.78, 5) is 0. The van der Waals surface area contributed by atoms with Crippen molar-refractivity contribution in [2.24, 2.45) is 5.73 Å². The summed E-state index contributed by atoms with van der Waals surface area (Å²) >= 11 is 0. The fraction of sp³-hybridized carbons (Fsp3) is 1.00. The third-order valence-corrected chi connectivity index (χ3v) is 4.12. The van der Waals surface area contributed by atoms with Gasteiger partial charge in [0.05, 0.1) is 6.17 Å². The molecule has 5 nitrogen and oxygen atoms in total. The summed E-state index contributed by atoms with van der Waals surface area (Å²) in [5.41, 5.74) is 5.71. The largest absolute Gasteiger partial charge is 0.578 e. The highest BCUT2D eigenvalue weighted by Crippen LogP contribution is 2.09. The van der Waals surface area contributed by atoms with Gasteiger partial charge in [-0.2, -0.15) is 0 Å². The van der Waals surface area contributed by atoms with Crippen LogP contribution in [0.2, 0.25) is 0 Å². The van der Waals surface area contributed by atoms with Crippen molar-refractivity contribution in [3.8, 4) is 0 Å². The molecule has 0 saturated carbocycles. The van der Waals surface area contributed by atoms with Gasteiger partial charge >= 0.3 is 9.53 Å². The van der Waals surface area contributed by atoms with Gasteiger partial charge in [0, 0.05) is 24.4 Å². The van der Waals surface area contributed by atoms with E-state index in [4.69, 9.17) is 19.0 Å². The summed E-state index contributed by atoms with van der Waals surface area (Å²) in [6.45, 7) is 14.0. The molecular weight excluding hydrogens is 260 g/mol. The van der Waals surface area contributed by atoms with Gasteiger partial charge < -0.3 is 19.0 Å². The second-order valence-electron chi connectivity index (χ2n) is 5.60. The molecule has 0 aromatic carbocycles. The Labute approximate surface area is 120 Å². The van der Waals surface area contributed by atoms with Gasteiger partial charge in [0.25, 0.3) is 0 Å². The topological polar surface area (TPSA) is 65.7 Å². The number of nitrogens with two attached hydrogens (primary N) is 1. The minimum atomic E-state index is -1.67. The zero-order chi connectivity index (χ0) is 15.0. The van der Waals surface area contributed by atoms with E-state index in [0.29, 0.717) is 6.04 Å². The molecule has 0 saturated heterocycles. The summed E-state index contributed by atoms with van der Waals surface area (Å²) in [6.07, 6.45) is 1.16. The first-order valence-corrected chi connectivity index (χ1v) is 8.31. The van der Waals surface area contributed by atoms with Crippen LogP contribution in [-0.4, -0.2) is 40.0 Å². The van der Waals surface area contributed by atoms with Crippen LogP contribution >= 0.6 is 0 Å². The molecule has 0 aromatic heterocycles. The van der Waals surface area contributed by atoms with Crippen molar-refractivity contribution in [1.29, 1.82) is 0 Å². The molecule has 1 radical (unpaired) electrons. The highest BCUT2D eigenvalue weighted by Gasteiger charge is 2.26. The molecule has 0 fully saturated rings. The third-order valence-electron chi connectivity index (χ3n) is 2.19. The first-order valence-electron chi connectivity index (χ1n) is 7.09. The van der Waals surface area contributed by atoms with Crippen LogP contribution in [0, 0.1) is 0 Å². The molecule has 0 bridgehead atoms. The minimum absolute atomic E-state index is 0.00851. The maximum Gasteiger partial charge on any atom is 0.578 e. The van der Waals surface area contributed by atoms with Crippen molar-refractivity contribution < 1.29 is 13.3 Å².